The normalized spacial score (nSPS) is 31.0. The zero-order valence-corrected chi connectivity index (χ0v) is 55.1. The van der Waals surface area contributed by atoms with Gasteiger partial charge in [0.1, 0.15) is 23.8 Å². The minimum atomic E-state index is -1.43. The van der Waals surface area contributed by atoms with Crippen LogP contribution in [0.15, 0.2) is 74.0 Å². The number of hydrogen-bond acceptors (Lipinski definition) is 16. The number of carboxylic acids is 1. The zero-order chi connectivity index (χ0) is 64.8. The molecule has 17 nitrogen and oxygen atoms in total. The molecule has 11 fully saturated rings. The van der Waals surface area contributed by atoms with E-state index in [4.69, 9.17) is 52.5 Å². The van der Waals surface area contributed by atoms with E-state index in [9.17, 15) is 29.1 Å². The van der Waals surface area contributed by atoms with Crippen molar-refractivity contribution in [1.29, 1.82) is 0 Å². The minimum absolute atomic E-state index is 0.0382. The second-order valence-electron chi connectivity index (χ2n) is 25.1. The van der Waals surface area contributed by atoms with Gasteiger partial charge in [-0.05, 0) is 122 Å². The number of ketones is 2. The molecule has 0 amide bonds. The molecule has 9 saturated heterocycles. The molecule has 494 valence electrons. The Morgan fingerprint density at radius 3 is 1.30 bits per heavy atom. The lowest BCUT2D eigenvalue weighted by Crippen LogP contribution is -2.43. The van der Waals surface area contributed by atoms with E-state index in [0.717, 1.165) is 176 Å². The molecule has 11 aliphatic rings. The lowest BCUT2D eigenvalue weighted by molar-refractivity contribution is -0.171. The maximum atomic E-state index is 10.9. The van der Waals surface area contributed by atoms with Crippen LogP contribution in [0.5, 0.6) is 0 Å². The monoisotopic (exact) mass is 1220 g/mol. The molecule has 0 aromatic carbocycles. The van der Waals surface area contributed by atoms with Crippen LogP contribution >= 0.6 is 0 Å². The summed E-state index contributed by atoms with van der Waals surface area (Å²) in [6.45, 7) is 46.8. The fourth-order valence-corrected chi connectivity index (χ4v) is 9.79. The second-order valence-corrected chi connectivity index (χ2v) is 25.1. The van der Waals surface area contributed by atoms with Gasteiger partial charge in [0.2, 0.25) is 0 Å². The molecular formula is C69H116O17. The number of Topliss-reactive ketones (excluding diaryl/α,β-unsaturated/α-hetero) is 2. The lowest BCUT2D eigenvalue weighted by Gasteiger charge is -2.33. The predicted molar refractivity (Wildman–Crippen MR) is 336 cm³/mol. The maximum absolute atomic E-state index is 10.9. The summed E-state index contributed by atoms with van der Waals surface area (Å²) < 4.78 is 50.2. The van der Waals surface area contributed by atoms with Crippen LogP contribution < -0.4 is 0 Å². The number of methoxy groups -OCH3 is 1. The molecule has 9 heterocycles. The highest BCUT2D eigenvalue weighted by Gasteiger charge is 2.40. The molecule has 0 radical (unpaired) electrons. The van der Waals surface area contributed by atoms with Gasteiger partial charge in [0.15, 0.2) is 6.29 Å². The van der Waals surface area contributed by atoms with E-state index in [1.54, 1.807) is 14.0 Å². The number of esters is 2. The summed E-state index contributed by atoms with van der Waals surface area (Å²) in [5.41, 5.74) is -1.43. The fourth-order valence-electron chi connectivity index (χ4n) is 9.79. The number of aliphatic carboxylic acids is 1. The van der Waals surface area contributed by atoms with Crippen molar-refractivity contribution < 1.29 is 81.6 Å². The van der Waals surface area contributed by atoms with Crippen LogP contribution in [0.3, 0.4) is 0 Å². The number of carboxylic acid groups (broad SMARTS) is 1. The van der Waals surface area contributed by atoms with Gasteiger partial charge in [-0.1, -0.05) is 87.4 Å². The van der Waals surface area contributed by atoms with Crippen LogP contribution in [0.25, 0.3) is 0 Å². The van der Waals surface area contributed by atoms with Gasteiger partial charge in [-0.15, -0.1) is 0 Å². The molecule has 0 aromatic rings. The van der Waals surface area contributed by atoms with Gasteiger partial charge in [0.05, 0.1) is 91.6 Å². The third-order valence-electron chi connectivity index (χ3n) is 15.4. The van der Waals surface area contributed by atoms with Gasteiger partial charge in [-0.2, -0.15) is 0 Å². The third-order valence-corrected chi connectivity index (χ3v) is 15.4. The summed E-state index contributed by atoms with van der Waals surface area (Å²) in [4.78, 5) is 53.1. The lowest BCUT2D eigenvalue weighted by atomic mass is 9.87. The van der Waals surface area contributed by atoms with Crippen molar-refractivity contribution in [1.82, 2.24) is 0 Å². The molecule has 2 aliphatic carbocycles. The van der Waals surface area contributed by atoms with Crippen molar-refractivity contribution in [2.75, 3.05) is 40.1 Å². The summed E-state index contributed by atoms with van der Waals surface area (Å²) in [7, 11) is 1.69. The van der Waals surface area contributed by atoms with Crippen molar-refractivity contribution >= 4 is 29.5 Å². The topological polar surface area (TPSA) is 218 Å². The number of carbonyl (C=O) groups is 5. The Labute approximate surface area is 518 Å². The molecule has 2 N–H and O–H groups in total. The van der Waals surface area contributed by atoms with E-state index >= 15 is 0 Å². The van der Waals surface area contributed by atoms with Gasteiger partial charge in [-0.25, -0.2) is 0 Å². The van der Waals surface area contributed by atoms with E-state index in [1.807, 2.05) is 27.7 Å². The molecular weight excluding hydrogens is 1100 g/mol. The van der Waals surface area contributed by atoms with Crippen LogP contribution in [-0.2, 0) is 71.3 Å². The first-order valence-corrected chi connectivity index (χ1v) is 31.9. The van der Waals surface area contributed by atoms with Gasteiger partial charge in [0.25, 0.3) is 0 Å². The number of ether oxygens (including phenoxy) is 10. The van der Waals surface area contributed by atoms with E-state index in [1.165, 1.54) is 32.1 Å². The predicted octanol–water partition coefficient (Wildman–Crippen LogP) is 14.9. The first-order chi connectivity index (χ1) is 40.5. The summed E-state index contributed by atoms with van der Waals surface area (Å²) in [6, 6.07) is 0. The molecule has 0 aromatic heterocycles. The van der Waals surface area contributed by atoms with Crippen molar-refractivity contribution in [3.05, 3.63) is 74.0 Å². The number of hydrogen-bond donors (Lipinski definition) is 2. The summed E-state index contributed by atoms with van der Waals surface area (Å²) >= 11 is 0. The minimum Gasteiger partial charge on any atom is -0.499 e. The molecule has 0 spiro atoms. The van der Waals surface area contributed by atoms with Gasteiger partial charge in [0, 0.05) is 89.3 Å². The van der Waals surface area contributed by atoms with Crippen molar-refractivity contribution in [3.8, 4) is 0 Å². The Balaban J connectivity index is 0.000000476. The van der Waals surface area contributed by atoms with Gasteiger partial charge in [-0.3, -0.25) is 24.0 Å². The molecule has 12 unspecified atom stereocenters. The highest BCUT2D eigenvalue weighted by molar-refractivity contribution is 5.82. The Morgan fingerprint density at radius 2 is 1.02 bits per heavy atom. The summed E-state index contributed by atoms with van der Waals surface area (Å²) in [5.74, 6) is 8.52. The van der Waals surface area contributed by atoms with Crippen molar-refractivity contribution in [2.24, 2.45) is 35.5 Å². The molecule has 86 heavy (non-hydrogen) atoms. The Kier molecular flexibility index (Phi) is 40.7. The van der Waals surface area contributed by atoms with Crippen LogP contribution in [-0.4, -0.2) is 116 Å². The molecule has 17 heteroatoms. The summed E-state index contributed by atoms with van der Waals surface area (Å²) in [5, 5.41) is 18.2. The number of allylic oxidation sites excluding steroid dienone is 4. The SMILES string of the molecule is C=C1CC(C)CCO1.C=C1CC(C)CO1.C=C1CC(C)O1.C=C1CCC(C)CO1.C=C1CCC(C)O1.C=C1OCC1C.CC1CC(O)(CC(=O)O)CC(=O)O1.CC1CCCC(=O)O1.CC1CCCC1=O.CC1CCCCC1=O.COC1CCCCO1. The van der Waals surface area contributed by atoms with Crippen LogP contribution in [0, 0.1) is 35.5 Å². The van der Waals surface area contributed by atoms with Crippen LogP contribution in [0.2, 0.25) is 0 Å². The molecule has 11 rings (SSSR count). The van der Waals surface area contributed by atoms with Gasteiger partial charge < -0.3 is 57.6 Å². The Morgan fingerprint density at radius 1 is 0.488 bits per heavy atom. The molecule has 2 saturated carbocycles. The highest BCUT2D eigenvalue weighted by atomic mass is 16.7. The zero-order valence-electron chi connectivity index (χ0n) is 55.1. The Bertz CT molecular complexity index is 2000. The van der Waals surface area contributed by atoms with E-state index in [-0.39, 0.29) is 31.2 Å². The second kappa shape index (κ2) is 44.3. The number of rotatable bonds is 3. The highest BCUT2D eigenvalue weighted by Crippen LogP contribution is 2.29. The van der Waals surface area contributed by atoms with E-state index in [2.05, 4.69) is 74.1 Å². The van der Waals surface area contributed by atoms with E-state index < -0.39 is 30.1 Å². The van der Waals surface area contributed by atoms with Crippen molar-refractivity contribution in [2.45, 2.75) is 260 Å². The van der Waals surface area contributed by atoms with E-state index in [0.29, 0.717) is 53.9 Å². The quantitative estimate of drug-likeness (QED) is 0.251. The fraction of sp³-hybridized carbons (Fsp3) is 0.754. The van der Waals surface area contributed by atoms with Gasteiger partial charge >= 0.3 is 17.9 Å². The van der Waals surface area contributed by atoms with Crippen LogP contribution in [0.1, 0.15) is 223 Å². The average Bonchev–Trinajstić information content (AvgIpc) is 4.28. The average molecular weight is 1220 g/mol. The largest absolute Gasteiger partial charge is 0.499 e. The third kappa shape index (κ3) is 39.6. The summed E-state index contributed by atoms with van der Waals surface area (Å²) in [6.07, 6.45) is 22.7. The molecule has 9 aliphatic heterocycles. The van der Waals surface area contributed by atoms with Crippen molar-refractivity contribution in [3.63, 3.8) is 0 Å². The smallest absolute Gasteiger partial charge is 0.308 e. The first kappa shape index (κ1) is 78.9. The van der Waals surface area contributed by atoms with Crippen LogP contribution in [0.4, 0.5) is 0 Å². The first-order valence-electron chi connectivity index (χ1n) is 31.9. The molecule has 12 atom stereocenters. The number of carbonyl (C=O) groups excluding carboxylic acids is 4. The standard InChI is InChI=1S/C8H12O5.3C7H12O.C6H12O2.C6H10O2.3C6H10O.2C5H8O/c1-5-2-8(12,3-6(9)10)4-7(11)13-5;1-6-3-4-8-7(2)5-6;1-6-3-4-7(2)8-5-6;1-6-4-2-3-5-7(6)8;1-7-6-4-2-3-5-8-6;1-5-3-2-4-6(7)8-5;1-5-3-6(2)7-4-5;1-5-3-4-6(2)7-5;1-5-3-2-4-6(5)7;1-4-3-6-5(4)2;1-4-3-5(2)6-4/h5,12H,2-4H2,1H3,(H,9,10);4*6H,2-5H2,1H3;5H,2-4H2,1H3;5H,2-4H2,1H3;6H,1,3-4H2,2H3;5H,2-4H2,1H3;4H,2-3H2,1H3;5H,1,3H2,2H3. The molecule has 0 bridgehead atoms. The Hall–Kier alpha value is -5.13. The number of aliphatic hydroxyl groups is 1. The number of cyclic esters (lactones) is 2. The maximum Gasteiger partial charge on any atom is 0.308 e.